The topological polar surface area (TPSA) is 134 Å². The number of carbonyl (C=O) groups excluding carboxylic acids is 2. The van der Waals surface area contributed by atoms with Gasteiger partial charge in [0.25, 0.3) is 0 Å². The van der Waals surface area contributed by atoms with Crippen molar-refractivity contribution in [3.05, 3.63) is 158 Å². The Labute approximate surface area is 458 Å². The van der Waals surface area contributed by atoms with Gasteiger partial charge in [0.15, 0.2) is 6.10 Å². The molecule has 0 aromatic rings. The second-order valence-corrected chi connectivity index (χ2v) is 19.8. The lowest BCUT2D eigenvalue weighted by atomic mass is 10.1. The van der Waals surface area contributed by atoms with Crippen molar-refractivity contribution in [2.24, 2.45) is 5.73 Å². The largest absolute Gasteiger partial charge is 0.472 e. The standard InChI is InChI=1S/C65H104NO8P/c1-3-5-7-9-11-13-15-17-19-21-23-25-26-27-28-29-30-31-32-33-34-35-36-38-40-42-44-46-48-50-52-54-56-58-65(68)74-63(62-73-75(69,70)72-60-59-66)61-71-64(67)57-55-53-51-49-47-45-43-41-39-37-24-22-20-18-16-14-12-10-8-6-4-2/h5-8,11-14,17-20,23-25,27-28,30-31,33-34,36-38,41,43,63H,3-4,9-10,15-16,21-22,26,29,32,35,39-40,42,44-62,66H2,1-2H3,(H,69,70)/b7-5-,8-6-,13-11-,14-12-,19-17-,20-18-,25-23-,28-27-,31-30-,34-33-,37-24-,38-36-,43-41-. The van der Waals surface area contributed by atoms with Gasteiger partial charge in [-0.1, -0.05) is 230 Å². The third-order valence-electron chi connectivity index (χ3n) is 11.4. The number of nitrogens with two attached hydrogens (primary N) is 1. The molecule has 0 spiro atoms. The van der Waals surface area contributed by atoms with Crippen molar-refractivity contribution in [3.8, 4) is 0 Å². The monoisotopic (exact) mass is 1060 g/mol. The number of allylic oxidation sites excluding steroid dienone is 26. The minimum absolute atomic E-state index is 0.0398. The average molecular weight is 1060 g/mol. The minimum Gasteiger partial charge on any atom is -0.462 e. The van der Waals surface area contributed by atoms with Gasteiger partial charge in [-0.3, -0.25) is 18.6 Å². The van der Waals surface area contributed by atoms with Crippen LogP contribution in [0.4, 0.5) is 0 Å². The highest BCUT2D eigenvalue weighted by Gasteiger charge is 2.26. The SMILES string of the molecule is CC/C=C\C/C=C\C/C=C\C/C=C\C/C=C\C/C=C\C/C=C\C/C=C\CCCCCCCCCCC(=O)OC(COC(=O)CCCCCCC/C=C\C/C=C\C/C=C\C/C=C\C/C=C\CC)COP(=O)(O)OCCN. The van der Waals surface area contributed by atoms with Crippen LogP contribution in [0, 0.1) is 0 Å². The Balaban J connectivity index is 4.09. The molecule has 2 atom stereocenters. The Morgan fingerprint density at radius 3 is 1.03 bits per heavy atom. The Hall–Kier alpha value is -4.37. The Kier molecular flexibility index (Phi) is 55.5. The Bertz CT molecular complexity index is 1780. The summed E-state index contributed by atoms with van der Waals surface area (Å²) in [4.78, 5) is 35.2. The van der Waals surface area contributed by atoms with Crippen molar-refractivity contribution in [1.29, 1.82) is 0 Å². The maximum absolute atomic E-state index is 12.7. The number of rotatable bonds is 52. The molecule has 0 aromatic heterocycles. The summed E-state index contributed by atoms with van der Waals surface area (Å²) in [6.45, 7) is 3.46. The zero-order valence-corrected chi connectivity index (χ0v) is 47.9. The molecule has 0 aliphatic rings. The van der Waals surface area contributed by atoms with Crippen LogP contribution in [0.2, 0.25) is 0 Å². The Morgan fingerprint density at radius 1 is 0.400 bits per heavy atom. The molecule has 0 bridgehead atoms. The molecule has 0 radical (unpaired) electrons. The molecule has 0 fully saturated rings. The fourth-order valence-corrected chi connectivity index (χ4v) is 7.97. The molecule has 0 saturated carbocycles. The van der Waals surface area contributed by atoms with Crippen LogP contribution in [0.5, 0.6) is 0 Å². The first-order valence-corrected chi connectivity index (χ1v) is 30.5. The lowest BCUT2D eigenvalue weighted by molar-refractivity contribution is -0.161. The van der Waals surface area contributed by atoms with Crippen molar-refractivity contribution < 1.29 is 37.6 Å². The first kappa shape index (κ1) is 70.6. The number of ether oxygens (including phenoxy) is 2. The predicted octanol–water partition coefficient (Wildman–Crippen LogP) is 18.5. The fourth-order valence-electron chi connectivity index (χ4n) is 7.21. The van der Waals surface area contributed by atoms with E-state index < -0.39 is 32.5 Å². The number of esters is 2. The molecule has 0 heterocycles. The molecular weight excluding hydrogens is 954 g/mol. The van der Waals surface area contributed by atoms with E-state index in [2.05, 4.69) is 172 Å². The van der Waals surface area contributed by atoms with E-state index in [-0.39, 0.29) is 32.6 Å². The third-order valence-corrected chi connectivity index (χ3v) is 12.4. The van der Waals surface area contributed by atoms with Crippen LogP contribution >= 0.6 is 7.82 Å². The van der Waals surface area contributed by atoms with Crippen molar-refractivity contribution in [1.82, 2.24) is 0 Å². The van der Waals surface area contributed by atoms with Crippen LogP contribution in [0.3, 0.4) is 0 Å². The highest BCUT2D eigenvalue weighted by Crippen LogP contribution is 2.43. The van der Waals surface area contributed by atoms with Gasteiger partial charge in [0.1, 0.15) is 6.61 Å². The minimum atomic E-state index is -4.41. The molecule has 0 saturated heterocycles. The lowest BCUT2D eigenvalue weighted by Crippen LogP contribution is -2.29. The third kappa shape index (κ3) is 58.7. The van der Waals surface area contributed by atoms with Crippen molar-refractivity contribution in [3.63, 3.8) is 0 Å². The van der Waals surface area contributed by atoms with Crippen molar-refractivity contribution in [2.45, 2.75) is 213 Å². The van der Waals surface area contributed by atoms with Crippen LogP contribution in [-0.4, -0.2) is 49.3 Å². The van der Waals surface area contributed by atoms with E-state index in [0.29, 0.717) is 12.8 Å². The summed E-state index contributed by atoms with van der Waals surface area (Å²) >= 11 is 0. The summed E-state index contributed by atoms with van der Waals surface area (Å²) in [6.07, 6.45) is 85.7. The molecule has 2 unspecified atom stereocenters. The zero-order chi connectivity index (χ0) is 54.5. The van der Waals surface area contributed by atoms with Gasteiger partial charge in [0, 0.05) is 19.4 Å². The molecule has 422 valence electrons. The summed E-state index contributed by atoms with van der Waals surface area (Å²) in [6, 6.07) is 0. The lowest BCUT2D eigenvalue weighted by Gasteiger charge is -2.19. The first-order valence-electron chi connectivity index (χ1n) is 29.0. The molecule has 75 heavy (non-hydrogen) atoms. The van der Waals surface area contributed by atoms with E-state index in [9.17, 15) is 19.0 Å². The van der Waals surface area contributed by atoms with E-state index in [0.717, 1.165) is 141 Å². The molecule has 0 aliphatic heterocycles. The van der Waals surface area contributed by atoms with E-state index in [1.807, 2.05) is 0 Å². The second-order valence-electron chi connectivity index (χ2n) is 18.4. The summed E-state index contributed by atoms with van der Waals surface area (Å²) in [7, 11) is -4.41. The van der Waals surface area contributed by atoms with Gasteiger partial charge in [-0.25, -0.2) is 4.57 Å². The summed E-state index contributed by atoms with van der Waals surface area (Å²) in [5.41, 5.74) is 5.38. The number of hydrogen-bond donors (Lipinski definition) is 2. The maximum atomic E-state index is 12.7. The predicted molar refractivity (Wildman–Crippen MR) is 320 cm³/mol. The molecular formula is C65H104NO8P. The summed E-state index contributed by atoms with van der Waals surface area (Å²) < 4.78 is 33.0. The molecule has 0 amide bonds. The van der Waals surface area contributed by atoms with Gasteiger partial charge in [0.05, 0.1) is 13.2 Å². The van der Waals surface area contributed by atoms with Crippen molar-refractivity contribution in [2.75, 3.05) is 26.4 Å². The normalized spacial score (nSPS) is 14.2. The number of hydrogen-bond acceptors (Lipinski definition) is 8. The van der Waals surface area contributed by atoms with Gasteiger partial charge in [0.2, 0.25) is 0 Å². The maximum Gasteiger partial charge on any atom is 0.472 e. The van der Waals surface area contributed by atoms with Crippen molar-refractivity contribution >= 4 is 19.8 Å². The summed E-state index contributed by atoms with van der Waals surface area (Å²) in [5.74, 6) is -0.873. The fraction of sp³-hybridized carbons (Fsp3) is 0.569. The van der Waals surface area contributed by atoms with Crippen LogP contribution in [0.25, 0.3) is 0 Å². The molecule has 0 rings (SSSR count). The van der Waals surface area contributed by atoms with E-state index in [1.54, 1.807) is 0 Å². The molecule has 10 heteroatoms. The van der Waals surface area contributed by atoms with E-state index in [4.69, 9.17) is 24.3 Å². The molecule has 0 aromatic carbocycles. The van der Waals surface area contributed by atoms with Gasteiger partial charge < -0.3 is 20.1 Å². The van der Waals surface area contributed by atoms with Gasteiger partial charge in [-0.2, -0.15) is 0 Å². The number of phosphoric acid groups is 1. The highest BCUT2D eigenvalue weighted by atomic mass is 31.2. The van der Waals surface area contributed by atoms with Gasteiger partial charge in [-0.05, 0) is 122 Å². The van der Waals surface area contributed by atoms with E-state index in [1.165, 1.54) is 25.7 Å². The quantitative estimate of drug-likeness (QED) is 0.0264. The first-order chi connectivity index (χ1) is 36.8. The number of carbonyl (C=O) groups is 2. The Morgan fingerprint density at radius 2 is 0.693 bits per heavy atom. The van der Waals surface area contributed by atoms with E-state index >= 15 is 0 Å². The number of unbranched alkanes of at least 4 members (excludes halogenated alkanes) is 13. The second kappa shape index (κ2) is 58.9. The van der Waals surface area contributed by atoms with Gasteiger partial charge in [-0.15, -0.1) is 0 Å². The van der Waals surface area contributed by atoms with Crippen LogP contribution < -0.4 is 5.73 Å². The van der Waals surface area contributed by atoms with Gasteiger partial charge >= 0.3 is 19.8 Å². The highest BCUT2D eigenvalue weighted by molar-refractivity contribution is 7.47. The van der Waals surface area contributed by atoms with Crippen LogP contribution in [-0.2, 0) is 32.7 Å². The summed E-state index contributed by atoms with van der Waals surface area (Å²) in [5, 5.41) is 0. The average Bonchev–Trinajstić information content (AvgIpc) is 3.40. The zero-order valence-electron chi connectivity index (χ0n) is 47.0. The van der Waals surface area contributed by atoms with Crippen LogP contribution in [0.15, 0.2) is 158 Å². The van der Waals surface area contributed by atoms with Crippen LogP contribution in [0.1, 0.15) is 206 Å². The molecule has 9 nitrogen and oxygen atoms in total. The molecule has 0 aliphatic carbocycles. The molecule has 3 N–H and O–H groups in total. The smallest absolute Gasteiger partial charge is 0.462 e. The number of phosphoric ester groups is 1.